The molecular weight excluding hydrogens is 462 g/mol. The Balaban J connectivity index is 1.22. The molecule has 0 saturated heterocycles. The summed E-state index contributed by atoms with van der Waals surface area (Å²) in [7, 11) is 5.70. The first-order valence-corrected chi connectivity index (χ1v) is 13.0. The highest BCUT2D eigenvalue weighted by Gasteiger charge is 2.12. The Labute approximate surface area is 218 Å². The van der Waals surface area contributed by atoms with Crippen molar-refractivity contribution >= 4 is 21.8 Å². The zero-order valence-electron chi connectivity index (χ0n) is 22.1. The van der Waals surface area contributed by atoms with Gasteiger partial charge in [-0.1, -0.05) is 36.4 Å². The van der Waals surface area contributed by atoms with Gasteiger partial charge in [-0.25, -0.2) is 0 Å². The first-order chi connectivity index (χ1) is 18.2. The minimum absolute atomic E-state index is 0.700. The zero-order chi connectivity index (χ0) is 25.6. The van der Waals surface area contributed by atoms with Crippen molar-refractivity contribution in [3.63, 3.8) is 0 Å². The van der Waals surface area contributed by atoms with Crippen LogP contribution in [-0.4, -0.2) is 64.8 Å². The standard InChI is InChI=1S/C30H37N5O2/c1-32(20-25-21-33(14-16-36-2)29-10-6-4-8-27(25)29)13-12-24-18-31-35(19-24)23-26-22-34(15-17-37-3)30-11-7-5-9-28(26)30/h4-11,18-19,21-22H,12-17,20,23H2,1-3H3. The van der Waals surface area contributed by atoms with Crippen molar-refractivity contribution in [3.8, 4) is 0 Å². The molecule has 194 valence electrons. The summed E-state index contributed by atoms with van der Waals surface area (Å²) in [6.45, 7) is 5.77. The summed E-state index contributed by atoms with van der Waals surface area (Å²) >= 11 is 0. The van der Waals surface area contributed by atoms with Crippen molar-refractivity contribution in [2.24, 2.45) is 0 Å². The number of aromatic nitrogens is 4. The number of hydrogen-bond acceptors (Lipinski definition) is 4. The fourth-order valence-electron chi connectivity index (χ4n) is 5.13. The van der Waals surface area contributed by atoms with Crippen LogP contribution in [0, 0.1) is 0 Å². The second-order valence-electron chi connectivity index (χ2n) is 9.75. The third-order valence-corrected chi connectivity index (χ3v) is 7.06. The van der Waals surface area contributed by atoms with Crippen LogP contribution in [0.1, 0.15) is 16.7 Å². The second kappa shape index (κ2) is 11.8. The molecule has 0 unspecified atom stereocenters. The molecule has 2 aromatic carbocycles. The van der Waals surface area contributed by atoms with Gasteiger partial charge < -0.3 is 23.5 Å². The van der Waals surface area contributed by atoms with E-state index in [1.165, 1.54) is 38.5 Å². The molecule has 3 heterocycles. The number of methoxy groups -OCH3 is 2. The molecule has 0 aliphatic rings. The third-order valence-electron chi connectivity index (χ3n) is 7.06. The van der Waals surface area contributed by atoms with Crippen LogP contribution in [0.15, 0.2) is 73.3 Å². The van der Waals surface area contributed by atoms with Crippen LogP contribution in [0.4, 0.5) is 0 Å². The fourth-order valence-corrected chi connectivity index (χ4v) is 5.13. The van der Waals surface area contributed by atoms with Gasteiger partial charge in [-0.3, -0.25) is 4.68 Å². The quantitative estimate of drug-likeness (QED) is 0.233. The van der Waals surface area contributed by atoms with Gasteiger partial charge in [-0.2, -0.15) is 5.10 Å². The maximum atomic E-state index is 5.30. The molecule has 0 atom stereocenters. The number of benzene rings is 2. The molecule has 0 aliphatic heterocycles. The number of nitrogens with zero attached hydrogens (tertiary/aromatic N) is 5. The monoisotopic (exact) mass is 499 g/mol. The lowest BCUT2D eigenvalue weighted by Gasteiger charge is -2.15. The van der Waals surface area contributed by atoms with Crippen LogP contribution in [0.3, 0.4) is 0 Å². The summed E-state index contributed by atoms with van der Waals surface area (Å²) < 4.78 is 17.2. The Kier molecular flexibility index (Phi) is 8.04. The lowest BCUT2D eigenvalue weighted by atomic mass is 10.1. The van der Waals surface area contributed by atoms with Gasteiger partial charge in [-0.05, 0) is 42.3 Å². The van der Waals surface area contributed by atoms with E-state index in [0.717, 1.165) is 39.1 Å². The van der Waals surface area contributed by atoms with Gasteiger partial charge in [0, 0.05) is 80.8 Å². The number of ether oxygens (including phenoxy) is 2. The van der Waals surface area contributed by atoms with Crippen molar-refractivity contribution in [1.29, 1.82) is 0 Å². The number of likely N-dealkylation sites (N-methyl/N-ethyl adjacent to an activating group) is 1. The van der Waals surface area contributed by atoms with E-state index in [4.69, 9.17) is 9.47 Å². The third kappa shape index (κ3) is 5.80. The highest BCUT2D eigenvalue weighted by atomic mass is 16.5. The molecule has 0 amide bonds. The van der Waals surface area contributed by atoms with Gasteiger partial charge in [0.25, 0.3) is 0 Å². The van der Waals surface area contributed by atoms with E-state index >= 15 is 0 Å². The molecule has 5 rings (SSSR count). The van der Waals surface area contributed by atoms with Crippen molar-refractivity contribution in [3.05, 3.63) is 90.0 Å². The van der Waals surface area contributed by atoms with E-state index in [1.54, 1.807) is 14.2 Å². The number of hydrogen-bond donors (Lipinski definition) is 0. The van der Waals surface area contributed by atoms with E-state index in [-0.39, 0.29) is 0 Å². The SMILES string of the molecule is COCCn1cc(CN(C)CCc2cnn(Cc3cn(CCOC)c4ccccc34)c2)c2ccccc21. The van der Waals surface area contributed by atoms with Gasteiger partial charge >= 0.3 is 0 Å². The summed E-state index contributed by atoms with van der Waals surface area (Å²) in [4.78, 5) is 2.39. The highest BCUT2D eigenvalue weighted by Crippen LogP contribution is 2.24. The molecule has 5 aromatic rings. The summed E-state index contributed by atoms with van der Waals surface area (Å²) in [6, 6.07) is 17.2. The minimum atomic E-state index is 0.700. The first kappa shape index (κ1) is 25.3. The van der Waals surface area contributed by atoms with Crippen LogP contribution in [0.2, 0.25) is 0 Å². The predicted octanol–water partition coefficient (Wildman–Crippen LogP) is 4.81. The molecule has 0 spiro atoms. The largest absolute Gasteiger partial charge is 0.383 e. The lowest BCUT2D eigenvalue weighted by molar-refractivity contribution is 0.188. The average Bonchev–Trinajstić information content (AvgIpc) is 3.62. The van der Waals surface area contributed by atoms with Crippen molar-refractivity contribution < 1.29 is 9.47 Å². The molecular formula is C30H37N5O2. The Morgan fingerprint density at radius 1 is 0.784 bits per heavy atom. The summed E-state index contributed by atoms with van der Waals surface area (Å²) in [5.41, 5.74) is 6.41. The van der Waals surface area contributed by atoms with Crippen molar-refractivity contribution in [2.45, 2.75) is 32.6 Å². The van der Waals surface area contributed by atoms with E-state index in [9.17, 15) is 0 Å². The average molecular weight is 500 g/mol. The van der Waals surface area contributed by atoms with E-state index in [0.29, 0.717) is 13.2 Å². The van der Waals surface area contributed by atoms with Crippen LogP contribution in [0.5, 0.6) is 0 Å². The summed E-state index contributed by atoms with van der Waals surface area (Å²) in [6.07, 6.45) is 9.68. The number of fused-ring (bicyclic) bond motifs is 2. The molecule has 0 N–H and O–H groups in total. The number of para-hydroxylation sites is 2. The molecule has 0 saturated carbocycles. The van der Waals surface area contributed by atoms with Gasteiger partial charge in [0.15, 0.2) is 0 Å². The first-order valence-electron chi connectivity index (χ1n) is 13.0. The molecule has 0 bridgehead atoms. The van der Waals surface area contributed by atoms with E-state index in [2.05, 4.69) is 98.0 Å². The maximum Gasteiger partial charge on any atom is 0.0680 e. The van der Waals surface area contributed by atoms with Crippen LogP contribution in [0.25, 0.3) is 21.8 Å². The normalized spacial score (nSPS) is 11.9. The van der Waals surface area contributed by atoms with Crippen molar-refractivity contribution in [1.82, 2.24) is 23.8 Å². The zero-order valence-corrected chi connectivity index (χ0v) is 22.1. The highest BCUT2D eigenvalue weighted by molar-refractivity contribution is 5.84. The van der Waals surface area contributed by atoms with Gasteiger partial charge in [0.1, 0.15) is 0 Å². The molecule has 37 heavy (non-hydrogen) atoms. The Hall–Kier alpha value is -3.39. The van der Waals surface area contributed by atoms with Gasteiger partial charge in [0.05, 0.1) is 26.0 Å². The van der Waals surface area contributed by atoms with E-state index < -0.39 is 0 Å². The van der Waals surface area contributed by atoms with Crippen LogP contribution < -0.4 is 0 Å². The Morgan fingerprint density at radius 3 is 2.03 bits per heavy atom. The van der Waals surface area contributed by atoms with E-state index in [1.807, 2.05) is 6.20 Å². The molecule has 0 radical (unpaired) electrons. The smallest absolute Gasteiger partial charge is 0.0680 e. The Bertz CT molecular complexity index is 1450. The minimum Gasteiger partial charge on any atom is -0.383 e. The molecule has 0 aliphatic carbocycles. The summed E-state index contributed by atoms with van der Waals surface area (Å²) in [5, 5.41) is 7.27. The van der Waals surface area contributed by atoms with Crippen LogP contribution in [-0.2, 0) is 42.1 Å². The lowest BCUT2D eigenvalue weighted by Crippen LogP contribution is -2.20. The fraction of sp³-hybridized carbons (Fsp3) is 0.367. The topological polar surface area (TPSA) is 49.4 Å². The van der Waals surface area contributed by atoms with Gasteiger partial charge in [-0.15, -0.1) is 0 Å². The molecule has 0 fully saturated rings. The maximum absolute atomic E-state index is 5.30. The molecule has 7 heteroatoms. The van der Waals surface area contributed by atoms with Gasteiger partial charge in [0.2, 0.25) is 0 Å². The molecule has 3 aromatic heterocycles. The molecule has 7 nitrogen and oxygen atoms in total. The number of rotatable bonds is 13. The summed E-state index contributed by atoms with van der Waals surface area (Å²) in [5.74, 6) is 0. The van der Waals surface area contributed by atoms with Crippen molar-refractivity contribution in [2.75, 3.05) is 41.0 Å². The second-order valence-corrected chi connectivity index (χ2v) is 9.75. The Morgan fingerprint density at radius 2 is 1.38 bits per heavy atom. The predicted molar refractivity (Wildman–Crippen MR) is 149 cm³/mol. The van der Waals surface area contributed by atoms with Crippen LogP contribution >= 0.6 is 0 Å².